The van der Waals surface area contributed by atoms with Crippen molar-refractivity contribution >= 4 is 7.98 Å². The number of hydrogen-bond acceptors (Lipinski definition) is 1. The number of rotatable bonds is 4. The molecule has 0 aromatic rings. The van der Waals surface area contributed by atoms with Gasteiger partial charge < -0.3 is 4.81 Å². The van der Waals surface area contributed by atoms with Crippen LogP contribution >= 0.6 is 0 Å². The van der Waals surface area contributed by atoms with Gasteiger partial charge in [-0.1, -0.05) is 27.7 Å². The SMILES string of the molecule is BN(C(C)C)C(C)C.C1=CC2CC[CH]([Zr][CH]3CCC4C=CC=CC43)C2C=C1. The van der Waals surface area contributed by atoms with Crippen LogP contribution in [0.25, 0.3) is 0 Å². The summed E-state index contributed by atoms with van der Waals surface area (Å²) in [7, 11) is 2.15. The van der Waals surface area contributed by atoms with Crippen LogP contribution in [0.1, 0.15) is 53.4 Å². The summed E-state index contributed by atoms with van der Waals surface area (Å²) in [5.74, 6) is 3.65. The molecule has 6 atom stereocenters. The van der Waals surface area contributed by atoms with Crippen LogP contribution in [0.3, 0.4) is 0 Å². The van der Waals surface area contributed by atoms with E-state index in [2.05, 4.69) is 89.1 Å². The Bertz CT molecular complexity index is 541. The van der Waals surface area contributed by atoms with Gasteiger partial charge in [0, 0.05) is 0 Å². The normalized spacial score (nSPS) is 36.1. The number of hydrogen-bond donors (Lipinski definition) is 0. The molecule has 2 saturated carbocycles. The van der Waals surface area contributed by atoms with E-state index in [0.29, 0.717) is 12.1 Å². The maximum atomic E-state index is 2.53. The molecule has 1 nitrogen and oxygen atoms in total. The van der Waals surface area contributed by atoms with Crippen molar-refractivity contribution in [1.82, 2.24) is 4.81 Å². The topological polar surface area (TPSA) is 3.24 Å². The van der Waals surface area contributed by atoms with Crippen molar-refractivity contribution in [2.24, 2.45) is 23.7 Å². The Kier molecular flexibility index (Phi) is 8.04. The van der Waals surface area contributed by atoms with Crippen LogP contribution in [0.15, 0.2) is 48.6 Å². The van der Waals surface area contributed by atoms with E-state index in [0.717, 1.165) is 30.9 Å². The second-order valence-corrected chi connectivity index (χ2v) is 13.9. The maximum absolute atomic E-state index is 2.53. The first-order chi connectivity index (χ1) is 13.0. The molecule has 146 valence electrons. The standard InChI is InChI=1S/2C9H11.C6H16BN.Zr/c2*1-2-5-9-7-3-6-8(9)4-1;1-5(2)8(7)6(3)4;/h2*1-2,4-6,8-9H,3,7H2;5-6H,7H2,1-4H3;. The molecule has 4 rings (SSSR count). The molecule has 0 radical (unpaired) electrons. The number of allylic oxidation sites excluding steroid dienone is 8. The molecular formula is C24H38BNZr. The second-order valence-electron chi connectivity index (χ2n) is 9.41. The minimum absolute atomic E-state index is 0.253. The molecule has 0 spiro atoms. The van der Waals surface area contributed by atoms with Gasteiger partial charge in [-0.15, -0.1) is 0 Å². The molecule has 4 aliphatic carbocycles. The Morgan fingerprint density at radius 1 is 0.704 bits per heavy atom. The van der Waals surface area contributed by atoms with Crippen molar-refractivity contribution < 1.29 is 23.2 Å². The third-order valence-corrected chi connectivity index (χ3v) is 12.6. The van der Waals surface area contributed by atoms with Gasteiger partial charge in [0.05, 0.1) is 0 Å². The van der Waals surface area contributed by atoms with Gasteiger partial charge in [0.15, 0.2) is 7.98 Å². The van der Waals surface area contributed by atoms with Gasteiger partial charge in [-0.05, 0) is 12.1 Å². The predicted octanol–water partition coefficient (Wildman–Crippen LogP) is 5.60. The van der Waals surface area contributed by atoms with E-state index >= 15 is 0 Å². The summed E-state index contributed by atoms with van der Waals surface area (Å²) in [6.07, 6.45) is 25.2. The van der Waals surface area contributed by atoms with Gasteiger partial charge in [0.1, 0.15) is 0 Å². The minimum atomic E-state index is -0.253. The molecule has 0 saturated heterocycles. The van der Waals surface area contributed by atoms with Crippen LogP contribution in [-0.2, 0) is 23.2 Å². The molecule has 2 fully saturated rings. The molecule has 0 bridgehead atoms. The van der Waals surface area contributed by atoms with E-state index in [1.807, 2.05) is 0 Å². The Labute approximate surface area is 180 Å². The van der Waals surface area contributed by atoms with Gasteiger partial charge >= 0.3 is 128 Å². The van der Waals surface area contributed by atoms with Crippen molar-refractivity contribution in [2.45, 2.75) is 72.7 Å². The average molecular weight is 443 g/mol. The first-order valence-corrected chi connectivity index (χ1v) is 14.0. The summed E-state index contributed by atoms with van der Waals surface area (Å²) in [5.41, 5.74) is 0. The van der Waals surface area contributed by atoms with Gasteiger partial charge in [0.25, 0.3) is 0 Å². The molecule has 3 heteroatoms. The molecule has 0 aromatic heterocycles. The van der Waals surface area contributed by atoms with Crippen LogP contribution in [-0.4, -0.2) is 24.9 Å². The molecule has 4 aliphatic rings. The van der Waals surface area contributed by atoms with Crippen molar-refractivity contribution in [1.29, 1.82) is 0 Å². The van der Waals surface area contributed by atoms with Crippen molar-refractivity contribution in [3.8, 4) is 0 Å². The summed E-state index contributed by atoms with van der Waals surface area (Å²) in [6, 6.07) is 1.35. The Balaban J connectivity index is 0.000000226. The Hall–Kier alpha value is -0.132. The third-order valence-electron chi connectivity index (χ3n) is 7.20. The molecule has 0 amide bonds. The fourth-order valence-electron chi connectivity index (χ4n) is 5.17. The van der Waals surface area contributed by atoms with E-state index < -0.39 is 0 Å². The molecule has 0 aromatic carbocycles. The average Bonchev–Trinajstić information content (AvgIpc) is 3.27. The molecular weight excluding hydrogens is 404 g/mol. The summed E-state index contributed by atoms with van der Waals surface area (Å²) < 4.78 is 2.25. The summed E-state index contributed by atoms with van der Waals surface area (Å²) in [6.45, 7) is 8.83. The first-order valence-electron chi connectivity index (χ1n) is 11.2. The van der Waals surface area contributed by atoms with E-state index in [1.54, 1.807) is 0 Å². The van der Waals surface area contributed by atoms with E-state index in [1.165, 1.54) is 25.7 Å². The van der Waals surface area contributed by atoms with E-state index in [-0.39, 0.29) is 23.2 Å². The third kappa shape index (κ3) is 5.48. The van der Waals surface area contributed by atoms with Gasteiger partial charge in [-0.25, -0.2) is 0 Å². The van der Waals surface area contributed by atoms with Crippen LogP contribution < -0.4 is 0 Å². The van der Waals surface area contributed by atoms with E-state index in [4.69, 9.17) is 0 Å². The van der Waals surface area contributed by atoms with Crippen LogP contribution in [0.4, 0.5) is 0 Å². The summed E-state index contributed by atoms with van der Waals surface area (Å²) in [5, 5.41) is 0. The van der Waals surface area contributed by atoms with Gasteiger partial charge in [0.2, 0.25) is 0 Å². The fourth-order valence-corrected chi connectivity index (χ4v) is 11.0. The number of nitrogens with zero attached hydrogens (tertiary/aromatic N) is 1. The molecule has 27 heavy (non-hydrogen) atoms. The quantitative estimate of drug-likeness (QED) is 0.512. The molecule has 0 N–H and O–H groups in total. The molecule has 0 aliphatic heterocycles. The van der Waals surface area contributed by atoms with E-state index in [9.17, 15) is 0 Å². The summed E-state index contributed by atoms with van der Waals surface area (Å²) >= 11 is -0.253. The fraction of sp³-hybridized carbons (Fsp3) is 0.667. The van der Waals surface area contributed by atoms with Crippen LogP contribution in [0, 0.1) is 23.7 Å². The summed E-state index contributed by atoms with van der Waals surface area (Å²) in [4.78, 5) is 2.33. The second kappa shape index (κ2) is 10.1. The number of fused-ring (bicyclic) bond motifs is 2. The predicted molar refractivity (Wildman–Crippen MR) is 117 cm³/mol. The van der Waals surface area contributed by atoms with Crippen molar-refractivity contribution in [3.05, 3.63) is 48.6 Å². The molecule has 6 unspecified atom stereocenters. The monoisotopic (exact) mass is 441 g/mol. The zero-order valence-corrected chi connectivity index (χ0v) is 20.5. The zero-order chi connectivity index (χ0) is 19.4. The Morgan fingerprint density at radius 3 is 1.48 bits per heavy atom. The first kappa shape index (κ1) is 21.6. The van der Waals surface area contributed by atoms with Crippen LogP contribution in [0.5, 0.6) is 0 Å². The van der Waals surface area contributed by atoms with Gasteiger partial charge in [-0.3, -0.25) is 0 Å². The Morgan fingerprint density at radius 2 is 1.11 bits per heavy atom. The molecule has 0 heterocycles. The van der Waals surface area contributed by atoms with Gasteiger partial charge in [-0.2, -0.15) is 0 Å². The zero-order valence-electron chi connectivity index (χ0n) is 18.0. The van der Waals surface area contributed by atoms with Crippen molar-refractivity contribution in [2.75, 3.05) is 0 Å². The van der Waals surface area contributed by atoms with Crippen LogP contribution in [0.2, 0.25) is 7.25 Å². The van der Waals surface area contributed by atoms with Crippen molar-refractivity contribution in [3.63, 3.8) is 0 Å².